The average molecular weight is 553 g/mol. The van der Waals surface area contributed by atoms with Crippen molar-refractivity contribution >= 4 is 28.1 Å². The number of aromatic nitrogens is 3. The van der Waals surface area contributed by atoms with Gasteiger partial charge in [0, 0.05) is 34.9 Å². The van der Waals surface area contributed by atoms with Crippen LogP contribution in [0.25, 0.3) is 44.5 Å². The van der Waals surface area contributed by atoms with Gasteiger partial charge >= 0.3 is 0 Å². The third kappa shape index (κ3) is 3.66. The van der Waals surface area contributed by atoms with Gasteiger partial charge in [-0.3, -0.25) is 4.40 Å². The molecule has 4 aromatic carbocycles. The number of fused-ring (bicyclic) bond motifs is 6. The van der Waals surface area contributed by atoms with Crippen LogP contribution in [0.15, 0.2) is 158 Å². The van der Waals surface area contributed by atoms with Crippen LogP contribution in [-0.4, -0.2) is 20.0 Å². The van der Waals surface area contributed by atoms with Crippen LogP contribution >= 0.6 is 0 Å². The molecule has 4 heteroatoms. The summed E-state index contributed by atoms with van der Waals surface area (Å²) in [4.78, 5) is 7.89. The predicted octanol–water partition coefficient (Wildman–Crippen LogP) is 9.34. The fourth-order valence-corrected chi connectivity index (χ4v) is 6.94. The number of para-hydroxylation sites is 1. The smallest absolute Gasteiger partial charge is 0.215 e. The molecular weight excluding hydrogens is 524 g/mol. The molecule has 1 aliphatic heterocycles. The highest BCUT2D eigenvalue weighted by Gasteiger charge is 2.41. The molecule has 0 spiro atoms. The van der Waals surface area contributed by atoms with E-state index in [1.165, 1.54) is 33.3 Å². The van der Waals surface area contributed by atoms with Crippen molar-refractivity contribution < 1.29 is 0 Å². The Bertz CT molecular complexity index is 2180. The van der Waals surface area contributed by atoms with Crippen molar-refractivity contribution in [2.75, 3.05) is 4.90 Å². The molecule has 204 valence electrons. The number of hydrogen-bond acceptors (Lipinski definition) is 2. The number of hydrogen-bond donors (Lipinski definition) is 0. The van der Waals surface area contributed by atoms with Crippen molar-refractivity contribution in [3.05, 3.63) is 164 Å². The van der Waals surface area contributed by atoms with Crippen molar-refractivity contribution in [2.45, 2.75) is 12.0 Å². The molecule has 2 atom stereocenters. The maximum absolute atomic E-state index is 5.43. The lowest BCUT2D eigenvalue weighted by Gasteiger charge is -2.27. The molecule has 2 aliphatic rings. The molecule has 9 rings (SSSR count). The highest BCUT2D eigenvalue weighted by molar-refractivity contribution is 6.00. The first-order chi connectivity index (χ1) is 21.3. The first-order valence-corrected chi connectivity index (χ1v) is 14.8. The number of imidazole rings is 1. The highest BCUT2D eigenvalue weighted by atomic mass is 15.3. The lowest BCUT2D eigenvalue weighted by atomic mass is 9.91. The number of allylic oxidation sites excluding steroid dienone is 2. The van der Waals surface area contributed by atoms with E-state index in [2.05, 4.69) is 172 Å². The van der Waals surface area contributed by atoms with Gasteiger partial charge in [0.2, 0.25) is 5.95 Å². The quantitative estimate of drug-likeness (QED) is 0.217. The number of rotatable bonds is 4. The Labute approximate surface area is 250 Å². The van der Waals surface area contributed by atoms with E-state index >= 15 is 0 Å². The molecule has 4 nitrogen and oxygen atoms in total. The third-order valence-electron chi connectivity index (χ3n) is 8.92. The van der Waals surface area contributed by atoms with Crippen LogP contribution in [0.3, 0.4) is 0 Å². The van der Waals surface area contributed by atoms with Crippen molar-refractivity contribution in [2.24, 2.45) is 0 Å². The van der Waals surface area contributed by atoms with Gasteiger partial charge in [0.15, 0.2) is 0 Å². The molecule has 0 saturated carbocycles. The van der Waals surface area contributed by atoms with Crippen LogP contribution in [0.2, 0.25) is 0 Å². The van der Waals surface area contributed by atoms with Crippen molar-refractivity contribution in [3.8, 4) is 28.1 Å². The van der Waals surface area contributed by atoms with Gasteiger partial charge in [-0.1, -0.05) is 109 Å². The third-order valence-corrected chi connectivity index (χ3v) is 8.92. The molecule has 7 aromatic rings. The average Bonchev–Trinajstić information content (AvgIpc) is 3.78. The molecule has 2 unspecified atom stereocenters. The standard InChI is InChI=1S/C39H28N4/c1-3-11-27(12-4-1)28-18-20-29(21-19-28)37-36-17-9-10-25-42(36)39(40-37)43-35-16-8-7-15-31(35)32-22-23-34-33(38(32)43)24-26-41(34)30-13-5-2-6-14-30/h1-26,31,35H. The van der Waals surface area contributed by atoms with Crippen LogP contribution < -0.4 is 4.90 Å². The summed E-state index contributed by atoms with van der Waals surface area (Å²) in [5, 5.41) is 1.24. The van der Waals surface area contributed by atoms with Crippen LogP contribution in [0, 0.1) is 0 Å². The summed E-state index contributed by atoms with van der Waals surface area (Å²) in [6, 6.07) is 43.3. The SMILES string of the molecule is C1=CC2c3ccc4c(ccn4-c4ccccc4)c3N(c3nc(-c4ccc(-c5ccccc5)cc4)c4ccccn34)C2C=C1. The molecule has 3 aromatic heterocycles. The molecule has 0 N–H and O–H groups in total. The van der Waals surface area contributed by atoms with Gasteiger partial charge in [-0.25, -0.2) is 4.98 Å². The van der Waals surface area contributed by atoms with Gasteiger partial charge < -0.3 is 9.47 Å². The Hall–Kier alpha value is -5.61. The first-order valence-electron chi connectivity index (χ1n) is 14.8. The number of anilines is 2. The lowest BCUT2D eigenvalue weighted by molar-refractivity contribution is 0.729. The van der Waals surface area contributed by atoms with Crippen molar-refractivity contribution in [1.82, 2.24) is 14.0 Å². The molecule has 0 fully saturated rings. The monoisotopic (exact) mass is 552 g/mol. The van der Waals surface area contributed by atoms with Crippen LogP contribution in [0.5, 0.6) is 0 Å². The van der Waals surface area contributed by atoms with E-state index in [0.717, 1.165) is 28.4 Å². The second-order valence-electron chi connectivity index (χ2n) is 11.3. The zero-order chi connectivity index (χ0) is 28.3. The minimum Gasteiger partial charge on any atom is -0.316 e. The molecule has 4 heterocycles. The number of benzene rings is 4. The second kappa shape index (κ2) is 9.47. The minimum absolute atomic E-state index is 0.143. The molecule has 0 amide bonds. The topological polar surface area (TPSA) is 25.5 Å². The highest BCUT2D eigenvalue weighted by Crippen LogP contribution is 2.51. The Morgan fingerprint density at radius 1 is 0.558 bits per heavy atom. The Balaban J connectivity index is 1.23. The summed E-state index contributed by atoms with van der Waals surface area (Å²) in [5.41, 5.74) is 10.5. The molecular formula is C39H28N4. The largest absolute Gasteiger partial charge is 0.316 e. The van der Waals surface area contributed by atoms with Crippen molar-refractivity contribution in [1.29, 1.82) is 0 Å². The molecule has 1 aliphatic carbocycles. The number of pyridine rings is 1. The Kier molecular flexibility index (Phi) is 5.29. The maximum atomic E-state index is 5.43. The predicted molar refractivity (Wildman–Crippen MR) is 176 cm³/mol. The van der Waals surface area contributed by atoms with Gasteiger partial charge in [-0.05, 0) is 53.1 Å². The molecule has 43 heavy (non-hydrogen) atoms. The fraction of sp³-hybridized carbons (Fsp3) is 0.0513. The Morgan fingerprint density at radius 2 is 1.28 bits per heavy atom. The first kappa shape index (κ1) is 24.0. The summed E-state index contributed by atoms with van der Waals surface area (Å²) in [7, 11) is 0. The molecule has 0 bridgehead atoms. The second-order valence-corrected chi connectivity index (χ2v) is 11.3. The van der Waals surface area contributed by atoms with Gasteiger partial charge in [-0.15, -0.1) is 0 Å². The van der Waals surface area contributed by atoms with E-state index in [9.17, 15) is 0 Å². The summed E-state index contributed by atoms with van der Waals surface area (Å²) in [5.74, 6) is 1.19. The fourth-order valence-electron chi connectivity index (χ4n) is 6.94. The van der Waals surface area contributed by atoms with E-state index in [4.69, 9.17) is 4.98 Å². The number of nitrogens with zero attached hydrogens (tertiary/aromatic N) is 4. The van der Waals surface area contributed by atoms with Gasteiger partial charge in [-0.2, -0.15) is 0 Å². The Morgan fingerprint density at radius 3 is 2.12 bits per heavy atom. The zero-order valence-electron chi connectivity index (χ0n) is 23.5. The van der Waals surface area contributed by atoms with Gasteiger partial charge in [0.05, 0.1) is 28.5 Å². The van der Waals surface area contributed by atoms with Gasteiger partial charge in [0.1, 0.15) is 0 Å². The summed E-state index contributed by atoms with van der Waals surface area (Å²) in [6.45, 7) is 0. The van der Waals surface area contributed by atoms with Crippen LogP contribution in [0.1, 0.15) is 11.5 Å². The van der Waals surface area contributed by atoms with E-state index < -0.39 is 0 Å². The van der Waals surface area contributed by atoms with E-state index in [1.54, 1.807) is 0 Å². The van der Waals surface area contributed by atoms with E-state index in [1.807, 2.05) is 0 Å². The maximum Gasteiger partial charge on any atom is 0.215 e. The summed E-state index contributed by atoms with van der Waals surface area (Å²) >= 11 is 0. The van der Waals surface area contributed by atoms with E-state index in [0.29, 0.717) is 0 Å². The van der Waals surface area contributed by atoms with Crippen molar-refractivity contribution in [3.63, 3.8) is 0 Å². The molecule has 0 radical (unpaired) electrons. The van der Waals surface area contributed by atoms with E-state index in [-0.39, 0.29) is 12.0 Å². The zero-order valence-corrected chi connectivity index (χ0v) is 23.5. The van der Waals surface area contributed by atoms with Gasteiger partial charge in [0.25, 0.3) is 0 Å². The van der Waals surface area contributed by atoms with Crippen LogP contribution in [0.4, 0.5) is 11.6 Å². The summed E-state index contributed by atoms with van der Waals surface area (Å²) in [6.07, 6.45) is 13.3. The minimum atomic E-state index is 0.143. The van der Waals surface area contributed by atoms with Crippen LogP contribution in [-0.2, 0) is 0 Å². The normalized spacial score (nSPS) is 17.1. The lowest BCUT2D eigenvalue weighted by Crippen LogP contribution is -2.30. The molecule has 0 saturated heterocycles. The summed E-state index contributed by atoms with van der Waals surface area (Å²) < 4.78 is 4.54.